The lowest BCUT2D eigenvalue weighted by atomic mass is 9.82. The van der Waals surface area contributed by atoms with Gasteiger partial charge >= 0.3 is 11.9 Å². The molecule has 0 spiro atoms. The minimum atomic E-state index is -2.38. The highest BCUT2D eigenvalue weighted by molar-refractivity contribution is 6.16. The molecule has 122 valence electrons. The summed E-state index contributed by atoms with van der Waals surface area (Å²) in [5, 5.41) is 4.15. The van der Waals surface area contributed by atoms with E-state index in [2.05, 4.69) is 5.32 Å². The van der Waals surface area contributed by atoms with Crippen LogP contribution in [0.4, 0.5) is 0 Å². The number of carbonyl (C=O) groups excluding carboxylic acids is 5. The standard InChI is InChI=1S/C13H18N2O7/c1-4-21-11(19)13(15-7(3)16,12(20)22-5-2)8-6-9(17)14-10(8)18/h8H,4-6H2,1-3H3,(H,15,16)(H,14,17,18). The van der Waals surface area contributed by atoms with E-state index in [1.54, 1.807) is 0 Å². The van der Waals surface area contributed by atoms with Gasteiger partial charge in [-0.05, 0) is 13.8 Å². The quantitative estimate of drug-likeness (QED) is 0.352. The third kappa shape index (κ3) is 3.23. The molecule has 3 amide bonds. The first-order valence-corrected chi connectivity index (χ1v) is 6.76. The predicted octanol–water partition coefficient (Wildman–Crippen LogP) is -1.35. The molecule has 0 bridgehead atoms. The lowest BCUT2D eigenvalue weighted by Crippen LogP contribution is -2.66. The molecule has 22 heavy (non-hydrogen) atoms. The van der Waals surface area contributed by atoms with Gasteiger partial charge in [-0.25, -0.2) is 9.59 Å². The van der Waals surface area contributed by atoms with Crippen LogP contribution in [0.1, 0.15) is 27.2 Å². The first-order chi connectivity index (χ1) is 10.3. The van der Waals surface area contributed by atoms with E-state index in [0.29, 0.717) is 0 Å². The van der Waals surface area contributed by atoms with Crippen molar-refractivity contribution in [2.45, 2.75) is 32.7 Å². The van der Waals surface area contributed by atoms with E-state index in [1.165, 1.54) is 13.8 Å². The lowest BCUT2D eigenvalue weighted by molar-refractivity contribution is -0.173. The molecule has 9 heteroatoms. The Balaban J connectivity index is 3.39. The summed E-state index contributed by atoms with van der Waals surface area (Å²) in [5.41, 5.74) is -2.38. The second-order valence-corrected chi connectivity index (χ2v) is 4.60. The first kappa shape index (κ1) is 17.6. The average molecular weight is 314 g/mol. The number of imide groups is 1. The third-order valence-electron chi connectivity index (χ3n) is 3.06. The highest BCUT2D eigenvalue weighted by Crippen LogP contribution is 2.29. The van der Waals surface area contributed by atoms with Gasteiger partial charge in [0.2, 0.25) is 23.3 Å². The summed E-state index contributed by atoms with van der Waals surface area (Å²) in [6.45, 7) is 3.91. The third-order valence-corrected chi connectivity index (χ3v) is 3.06. The minimum Gasteiger partial charge on any atom is -0.464 e. The van der Waals surface area contributed by atoms with Gasteiger partial charge in [-0.1, -0.05) is 0 Å². The van der Waals surface area contributed by atoms with Crippen LogP contribution in [0.5, 0.6) is 0 Å². The number of ether oxygens (including phenoxy) is 2. The van der Waals surface area contributed by atoms with Crippen molar-refractivity contribution in [1.29, 1.82) is 0 Å². The lowest BCUT2D eigenvalue weighted by Gasteiger charge is -2.32. The van der Waals surface area contributed by atoms with Crippen LogP contribution in [0.15, 0.2) is 0 Å². The molecule has 0 aromatic rings. The molecule has 0 aromatic heterocycles. The van der Waals surface area contributed by atoms with Gasteiger partial charge < -0.3 is 14.8 Å². The summed E-state index contributed by atoms with van der Waals surface area (Å²) in [6, 6.07) is 0. The van der Waals surface area contributed by atoms with E-state index < -0.39 is 47.5 Å². The van der Waals surface area contributed by atoms with Crippen LogP contribution in [0.2, 0.25) is 0 Å². The molecule has 1 saturated heterocycles. The SMILES string of the molecule is CCOC(=O)C(NC(C)=O)(C(=O)OCC)C1CC(=O)NC1=O. The van der Waals surface area contributed by atoms with Crippen LogP contribution in [0.25, 0.3) is 0 Å². The van der Waals surface area contributed by atoms with Crippen LogP contribution in [-0.4, -0.2) is 48.4 Å². The fraction of sp³-hybridized carbons (Fsp3) is 0.615. The van der Waals surface area contributed by atoms with Crippen LogP contribution in [0.3, 0.4) is 0 Å². The molecule has 1 heterocycles. The van der Waals surface area contributed by atoms with Crippen molar-refractivity contribution < 1.29 is 33.4 Å². The fourth-order valence-corrected chi connectivity index (χ4v) is 2.23. The molecule has 0 saturated carbocycles. The van der Waals surface area contributed by atoms with Crippen LogP contribution in [0, 0.1) is 5.92 Å². The maximum absolute atomic E-state index is 12.3. The Morgan fingerprint density at radius 1 is 1.18 bits per heavy atom. The molecular weight excluding hydrogens is 296 g/mol. The molecule has 0 aliphatic carbocycles. The maximum atomic E-state index is 12.3. The zero-order valence-corrected chi connectivity index (χ0v) is 12.6. The Labute approximate surface area is 126 Å². The summed E-state index contributed by atoms with van der Waals surface area (Å²) >= 11 is 0. The number of rotatable bonds is 6. The monoisotopic (exact) mass is 314 g/mol. The highest BCUT2D eigenvalue weighted by Gasteiger charge is 2.61. The van der Waals surface area contributed by atoms with Crippen molar-refractivity contribution >= 4 is 29.7 Å². The largest absolute Gasteiger partial charge is 0.464 e. The summed E-state index contributed by atoms with van der Waals surface area (Å²) < 4.78 is 9.65. The molecule has 9 nitrogen and oxygen atoms in total. The van der Waals surface area contributed by atoms with Crippen molar-refractivity contribution in [1.82, 2.24) is 10.6 Å². The number of amides is 3. The summed E-state index contributed by atoms with van der Waals surface area (Å²) in [4.78, 5) is 59.5. The van der Waals surface area contributed by atoms with Crippen molar-refractivity contribution in [2.75, 3.05) is 13.2 Å². The number of nitrogens with one attached hydrogen (secondary N) is 2. The number of hydrogen-bond donors (Lipinski definition) is 2. The molecule has 1 unspecified atom stereocenters. The Morgan fingerprint density at radius 2 is 1.68 bits per heavy atom. The van der Waals surface area contributed by atoms with E-state index in [1.807, 2.05) is 5.32 Å². The number of carbonyl (C=O) groups is 5. The molecule has 1 aliphatic heterocycles. The van der Waals surface area contributed by atoms with Gasteiger partial charge in [-0.3, -0.25) is 19.7 Å². The van der Waals surface area contributed by atoms with Gasteiger partial charge in [0.25, 0.3) is 0 Å². The van der Waals surface area contributed by atoms with E-state index in [4.69, 9.17) is 9.47 Å². The van der Waals surface area contributed by atoms with Gasteiger partial charge in [0.05, 0.1) is 19.1 Å². The van der Waals surface area contributed by atoms with E-state index in [9.17, 15) is 24.0 Å². The summed E-state index contributed by atoms with van der Waals surface area (Å²) in [7, 11) is 0. The Morgan fingerprint density at radius 3 is 2.00 bits per heavy atom. The van der Waals surface area contributed by atoms with Gasteiger partial charge in [-0.15, -0.1) is 0 Å². The van der Waals surface area contributed by atoms with E-state index >= 15 is 0 Å². The van der Waals surface area contributed by atoms with Crippen molar-refractivity contribution in [3.8, 4) is 0 Å². The Hall–Kier alpha value is -2.45. The average Bonchev–Trinajstić information content (AvgIpc) is 2.75. The fourth-order valence-electron chi connectivity index (χ4n) is 2.23. The van der Waals surface area contributed by atoms with Crippen LogP contribution in [-0.2, 0) is 33.4 Å². The van der Waals surface area contributed by atoms with Gasteiger partial charge in [0.1, 0.15) is 0 Å². The van der Waals surface area contributed by atoms with Gasteiger partial charge in [0.15, 0.2) is 0 Å². The normalized spacial score (nSPS) is 17.7. The zero-order chi connectivity index (χ0) is 16.9. The maximum Gasteiger partial charge on any atom is 0.344 e. The van der Waals surface area contributed by atoms with Gasteiger partial charge in [0, 0.05) is 13.3 Å². The molecule has 1 atom stereocenters. The predicted molar refractivity (Wildman–Crippen MR) is 71.1 cm³/mol. The first-order valence-electron chi connectivity index (χ1n) is 6.76. The number of esters is 2. The number of hydrogen-bond acceptors (Lipinski definition) is 7. The second kappa shape index (κ2) is 7.01. The summed E-state index contributed by atoms with van der Waals surface area (Å²) in [5.74, 6) is -5.95. The molecular formula is C13H18N2O7. The van der Waals surface area contributed by atoms with Crippen LogP contribution < -0.4 is 10.6 Å². The highest BCUT2D eigenvalue weighted by atomic mass is 16.6. The molecule has 0 radical (unpaired) electrons. The second-order valence-electron chi connectivity index (χ2n) is 4.60. The van der Waals surface area contributed by atoms with Crippen molar-refractivity contribution in [2.24, 2.45) is 5.92 Å². The van der Waals surface area contributed by atoms with Crippen LogP contribution >= 0.6 is 0 Å². The van der Waals surface area contributed by atoms with Crippen molar-refractivity contribution in [3.05, 3.63) is 0 Å². The molecule has 1 aliphatic rings. The van der Waals surface area contributed by atoms with Crippen molar-refractivity contribution in [3.63, 3.8) is 0 Å². The topological polar surface area (TPSA) is 128 Å². The minimum absolute atomic E-state index is 0.0815. The van der Waals surface area contributed by atoms with E-state index in [-0.39, 0.29) is 13.2 Å². The van der Waals surface area contributed by atoms with E-state index in [0.717, 1.165) is 6.92 Å². The molecule has 1 rings (SSSR count). The zero-order valence-electron chi connectivity index (χ0n) is 12.6. The smallest absolute Gasteiger partial charge is 0.344 e. The Kier molecular flexibility index (Phi) is 5.61. The van der Waals surface area contributed by atoms with Gasteiger partial charge in [-0.2, -0.15) is 0 Å². The summed E-state index contributed by atoms with van der Waals surface area (Å²) in [6.07, 6.45) is -0.434. The molecule has 0 aromatic carbocycles. The Bertz CT molecular complexity index is 497. The molecule has 2 N–H and O–H groups in total. The molecule has 1 fully saturated rings.